The Hall–Kier alpha value is -1.18. The van der Waals surface area contributed by atoms with Crippen LogP contribution < -0.4 is 5.32 Å². The summed E-state index contributed by atoms with van der Waals surface area (Å²) in [5, 5.41) is 44.0. The molecule has 4 aliphatic rings. The number of nitrogens with one attached hydrogen (secondary N) is 1. The first-order valence-corrected chi connectivity index (χ1v) is 13.0. The van der Waals surface area contributed by atoms with Crippen molar-refractivity contribution in [2.45, 2.75) is 96.9 Å². The molecule has 0 bridgehead atoms. The van der Waals surface area contributed by atoms with Gasteiger partial charge in [0.05, 0.1) is 18.3 Å². The molecule has 0 aromatic rings. The molecule has 0 spiro atoms. The largest absolute Gasteiger partial charge is 0.480 e. The van der Waals surface area contributed by atoms with Gasteiger partial charge in [-0.3, -0.25) is 9.59 Å². The molecule has 0 heterocycles. The molecule has 7 nitrogen and oxygen atoms in total. The van der Waals surface area contributed by atoms with Gasteiger partial charge in [-0.05, 0) is 97.7 Å². The van der Waals surface area contributed by atoms with Gasteiger partial charge in [-0.2, -0.15) is 0 Å². The van der Waals surface area contributed by atoms with Crippen molar-refractivity contribution in [1.29, 1.82) is 0 Å². The van der Waals surface area contributed by atoms with Crippen molar-refractivity contribution in [2.24, 2.45) is 46.3 Å². The highest BCUT2D eigenvalue weighted by molar-refractivity contribution is 5.81. The number of rotatable bonds is 6. The van der Waals surface area contributed by atoms with Gasteiger partial charge in [-0.1, -0.05) is 20.8 Å². The van der Waals surface area contributed by atoms with Crippen LogP contribution in [0, 0.1) is 46.3 Å². The van der Waals surface area contributed by atoms with Crippen LogP contribution in [0.2, 0.25) is 0 Å². The van der Waals surface area contributed by atoms with Gasteiger partial charge in [-0.25, -0.2) is 0 Å². The summed E-state index contributed by atoms with van der Waals surface area (Å²) in [5.41, 5.74) is 0.0476. The number of aliphatic carboxylic acids is 1. The van der Waals surface area contributed by atoms with Crippen molar-refractivity contribution >= 4 is 11.9 Å². The summed E-state index contributed by atoms with van der Waals surface area (Å²) in [5.74, 6) is 0.340. The maximum atomic E-state index is 12.0. The topological polar surface area (TPSA) is 127 Å². The molecule has 0 aliphatic heterocycles. The average Bonchev–Trinajstić information content (AvgIpc) is 3.12. The molecule has 1 amide bonds. The normalized spacial score (nSPS) is 47.7. The highest BCUT2D eigenvalue weighted by atomic mass is 16.4. The Bertz CT molecular complexity index is 759. The fourth-order valence-electron chi connectivity index (χ4n) is 9.04. The van der Waals surface area contributed by atoms with Crippen LogP contribution >= 0.6 is 0 Å². The fourth-order valence-corrected chi connectivity index (χ4v) is 9.04. The molecule has 0 unspecified atom stereocenters. The first-order valence-electron chi connectivity index (χ1n) is 13.0. The highest BCUT2D eigenvalue weighted by Crippen LogP contribution is 2.68. The summed E-state index contributed by atoms with van der Waals surface area (Å²) in [7, 11) is 0. The third kappa shape index (κ3) is 4.23. The third-order valence-electron chi connectivity index (χ3n) is 10.7. The molecule has 5 N–H and O–H groups in total. The van der Waals surface area contributed by atoms with Crippen LogP contribution in [0.3, 0.4) is 0 Å². The number of carbonyl (C=O) groups excluding carboxylic acids is 1. The van der Waals surface area contributed by atoms with E-state index in [1.54, 1.807) is 0 Å². The van der Waals surface area contributed by atoms with Crippen LogP contribution in [0.25, 0.3) is 0 Å². The third-order valence-corrected chi connectivity index (χ3v) is 10.7. The second-order valence-electron chi connectivity index (χ2n) is 12.2. The van der Waals surface area contributed by atoms with Crippen LogP contribution in [-0.4, -0.2) is 57.2 Å². The molecule has 0 radical (unpaired) electrons. The average molecular weight is 466 g/mol. The summed E-state index contributed by atoms with van der Waals surface area (Å²) < 4.78 is 0. The summed E-state index contributed by atoms with van der Waals surface area (Å²) in [4.78, 5) is 22.7. The molecule has 0 aromatic carbocycles. The predicted molar refractivity (Wildman–Crippen MR) is 123 cm³/mol. The van der Waals surface area contributed by atoms with E-state index in [0.717, 1.165) is 44.9 Å². The summed E-state index contributed by atoms with van der Waals surface area (Å²) >= 11 is 0. The van der Waals surface area contributed by atoms with E-state index in [4.69, 9.17) is 5.11 Å². The molecule has 0 saturated heterocycles. The second-order valence-corrected chi connectivity index (χ2v) is 12.2. The van der Waals surface area contributed by atoms with E-state index in [2.05, 4.69) is 26.1 Å². The van der Waals surface area contributed by atoms with E-state index >= 15 is 0 Å². The monoisotopic (exact) mass is 465 g/mol. The zero-order valence-corrected chi connectivity index (χ0v) is 20.4. The Kier molecular flexibility index (Phi) is 6.89. The van der Waals surface area contributed by atoms with Crippen LogP contribution in [0.5, 0.6) is 0 Å². The predicted octanol–water partition coefficient (Wildman–Crippen LogP) is 2.56. The van der Waals surface area contributed by atoms with Gasteiger partial charge in [0.2, 0.25) is 5.91 Å². The SMILES string of the molecule is C[C@@H](CCC(=O)NCC(=O)O)[C@H]1CC[C@H]2[C@@H]3[C@@H](O)[C@@H](O)[C@@H]4C[C@H](O)CC[C@]4(C)[C@H]3CC[C@]12C. The number of carboxylic acid groups (broad SMARTS) is 1. The van der Waals surface area contributed by atoms with Gasteiger partial charge < -0.3 is 25.7 Å². The minimum absolute atomic E-state index is 0.0319. The molecule has 4 fully saturated rings. The van der Waals surface area contributed by atoms with Crippen molar-refractivity contribution in [3.05, 3.63) is 0 Å². The first-order chi connectivity index (χ1) is 15.5. The summed E-state index contributed by atoms with van der Waals surface area (Å²) in [6.45, 7) is 6.53. The molecule has 4 aliphatic carbocycles. The van der Waals surface area contributed by atoms with E-state index in [0.29, 0.717) is 36.5 Å². The zero-order valence-electron chi connectivity index (χ0n) is 20.4. The van der Waals surface area contributed by atoms with Crippen molar-refractivity contribution < 1.29 is 30.0 Å². The Morgan fingerprint density at radius 1 is 0.939 bits per heavy atom. The molecule has 7 heteroatoms. The van der Waals surface area contributed by atoms with E-state index in [9.17, 15) is 24.9 Å². The summed E-state index contributed by atoms with van der Waals surface area (Å²) in [6.07, 6.45) is 5.74. The quantitative estimate of drug-likeness (QED) is 0.410. The summed E-state index contributed by atoms with van der Waals surface area (Å²) in [6, 6.07) is 0. The minimum atomic E-state index is -1.03. The Balaban J connectivity index is 1.47. The molecule has 188 valence electrons. The van der Waals surface area contributed by atoms with E-state index in [1.165, 1.54) is 0 Å². The lowest BCUT2D eigenvalue weighted by Gasteiger charge is -2.63. The van der Waals surface area contributed by atoms with E-state index < -0.39 is 18.2 Å². The van der Waals surface area contributed by atoms with Gasteiger partial charge in [-0.15, -0.1) is 0 Å². The fraction of sp³-hybridized carbons (Fsp3) is 0.923. The van der Waals surface area contributed by atoms with Crippen molar-refractivity contribution in [3.63, 3.8) is 0 Å². The molecular weight excluding hydrogens is 422 g/mol. The van der Waals surface area contributed by atoms with E-state index in [1.807, 2.05) is 0 Å². The lowest BCUT2D eigenvalue weighted by atomic mass is 9.43. The molecule has 0 aromatic heterocycles. The molecule has 11 atom stereocenters. The van der Waals surface area contributed by atoms with Crippen LogP contribution in [-0.2, 0) is 9.59 Å². The Morgan fingerprint density at radius 2 is 1.61 bits per heavy atom. The number of carboxylic acids is 1. The number of hydrogen-bond acceptors (Lipinski definition) is 5. The van der Waals surface area contributed by atoms with Gasteiger partial charge >= 0.3 is 5.97 Å². The standard InChI is InChI=1S/C26H43NO6/c1-14(4-7-20(29)27-13-21(30)31)16-5-6-17-22-18(9-11-25(16,17)2)26(3)10-8-15(28)12-19(26)23(32)24(22)33/h14-19,22-24,28,32-33H,4-13H2,1-3H3,(H,27,29)(H,30,31)/t14-,15+,16+,17-,18-,19-,22-,23-,24+,25+,26+/m0/s1. The van der Waals surface area contributed by atoms with Crippen LogP contribution in [0.1, 0.15) is 78.6 Å². The maximum absolute atomic E-state index is 12.0. The molecule has 33 heavy (non-hydrogen) atoms. The maximum Gasteiger partial charge on any atom is 0.322 e. The number of carbonyl (C=O) groups is 2. The number of amides is 1. The van der Waals surface area contributed by atoms with Crippen LogP contribution in [0.15, 0.2) is 0 Å². The lowest BCUT2D eigenvalue weighted by Crippen LogP contribution is -2.64. The van der Waals surface area contributed by atoms with Crippen molar-refractivity contribution in [1.82, 2.24) is 5.32 Å². The van der Waals surface area contributed by atoms with Gasteiger partial charge in [0.15, 0.2) is 0 Å². The smallest absolute Gasteiger partial charge is 0.322 e. The molecular formula is C26H43NO6. The Labute approximate surface area is 197 Å². The van der Waals surface area contributed by atoms with Crippen molar-refractivity contribution in [3.8, 4) is 0 Å². The molecule has 4 rings (SSSR count). The van der Waals surface area contributed by atoms with Gasteiger partial charge in [0.25, 0.3) is 0 Å². The minimum Gasteiger partial charge on any atom is -0.480 e. The van der Waals surface area contributed by atoms with Crippen molar-refractivity contribution in [2.75, 3.05) is 6.54 Å². The van der Waals surface area contributed by atoms with Crippen LogP contribution in [0.4, 0.5) is 0 Å². The van der Waals surface area contributed by atoms with Gasteiger partial charge in [0, 0.05) is 6.42 Å². The number of hydrogen-bond donors (Lipinski definition) is 5. The highest BCUT2D eigenvalue weighted by Gasteiger charge is 2.65. The number of aliphatic hydroxyl groups is 3. The van der Waals surface area contributed by atoms with Gasteiger partial charge in [0.1, 0.15) is 6.54 Å². The first kappa shape index (κ1) is 24.9. The lowest BCUT2D eigenvalue weighted by molar-refractivity contribution is -0.223. The zero-order chi connectivity index (χ0) is 24.1. The number of fused-ring (bicyclic) bond motifs is 5. The molecule has 4 saturated carbocycles. The Morgan fingerprint density at radius 3 is 2.30 bits per heavy atom. The second kappa shape index (κ2) is 9.12. The van der Waals surface area contributed by atoms with E-state index in [-0.39, 0.29) is 41.2 Å². The number of aliphatic hydroxyl groups excluding tert-OH is 3.